The van der Waals surface area contributed by atoms with Crippen molar-refractivity contribution in [2.75, 3.05) is 5.73 Å². The number of nitrogen functional groups attached to an aromatic ring is 1. The standard InChI is InChI=1S/C13H8BrClFN3/c14-7-4-5-10-11(6-7)19(13(17)18-10)12-8(15)2-1-3-9(12)16/h1-6H,(H2,17,18). The van der Waals surface area contributed by atoms with Gasteiger partial charge < -0.3 is 5.73 Å². The van der Waals surface area contributed by atoms with Crippen LogP contribution in [0.3, 0.4) is 0 Å². The molecule has 2 aromatic carbocycles. The lowest BCUT2D eigenvalue weighted by atomic mass is 10.2. The van der Waals surface area contributed by atoms with Crippen LogP contribution in [-0.2, 0) is 0 Å². The number of halogens is 3. The Morgan fingerprint density at radius 2 is 2.05 bits per heavy atom. The molecule has 0 radical (unpaired) electrons. The zero-order valence-corrected chi connectivity index (χ0v) is 11.9. The van der Waals surface area contributed by atoms with Crippen molar-refractivity contribution in [1.82, 2.24) is 9.55 Å². The second kappa shape index (κ2) is 4.51. The predicted octanol–water partition coefficient (Wildman–Crippen LogP) is 4.16. The first-order valence-corrected chi connectivity index (χ1v) is 6.63. The second-order valence-corrected chi connectivity index (χ2v) is 5.33. The van der Waals surface area contributed by atoms with Gasteiger partial charge in [0.05, 0.1) is 16.1 Å². The van der Waals surface area contributed by atoms with Crippen LogP contribution in [0.25, 0.3) is 16.7 Å². The van der Waals surface area contributed by atoms with Gasteiger partial charge in [-0.05, 0) is 30.3 Å². The fourth-order valence-electron chi connectivity index (χ4n) is 2.00. The maximum Gasteiger partial charge on any atom is 0.206 e. The number of fused-ring (bicyclic) bond motifs is 1. The number of imidazole rings is 1. The van der Waals surface area contributed by atoms with E-state index in [-0.39, 0.29) is 16.7 Å². The van der Waals surface area contributed by atoms with Crippen LogP contribution in [0.1, 0.15) is 0 Å². The fourth-order valence-corrected chi connectivity index (χ4v) is 2.60. The molecule has 0 saturated carbocycles. The average molecular weight is 341 g/mol. The molecule has 3 nitrogen and oxygen atoms in total. The molecule has 0 fully saturated rings. The largest absolute Gasteiger partial charge is 0.369 e. The molecule has 0 spiro atoms. The summed E-state index contributed by atoms with van der Waals surface area (Å²) in [5.74, 6) is -0.251. The summed E-state index contributed by atoms with van der Waals surface area (Å²) >= 11 is 9.45. The number of benzene rings is 2. The Hall–Kier alpha value is -1.59. The number of aromatic nitrogens is 2. The molecule has 0 aliphatic carbocycles. The number of nitrogens with two attached hydrogens (primary N) is 1. The molecule has 3 rings (SSSR count). The lowest BCUT2D eigenvalue weighted by Gasteiger charge is -2.09. The summed E-state index contributed by atoms with van der Waals surface area (Å²) in [6, 6.07) is 9.98. The fraction of sp³-hybridized carbons (Fsp3) is 0. The van der Waals surface area contributed by atoms with E-state index in [1.54, 1.807) is 18.2 Å². The van der Waals surface area contributed by atoms with Crippen molar-refractivity contribution in [3.05, 3.63) is 51.7 Å². The zero-order valence-electron chi connectivity index (χ0n) is 9.57. The first-order valence-electron chi connectivity index (χ1n) is 5.46. The van der Waals surface area contributed by atoms with Gasteiger partial charge in [-0.1, -0.05) is 33.6 Å². The van der Waals surface area contributed by atoms with E-state index in [2.05, 4.69) is 20.9 Å². The summed E-state index contributed by atoms with van der Waals surface area (Å²) in [6.07, 6.45) is 0. The summed E-state index contributed by atoms with van der Waals surface area (Å²) in [5, 5.41) is 0.283. The van der Waals surface area contributed by atoms with Crippen molar-refractivity contribution in [2.45, 2.75) is 0 Å². The van der Waals surface area contributed by atoms with Gasteiger partial charge in [0.1, 0.15) is 11.5 Å². The van der Waals surface area contributed by atoms with Crippen LogP contribution in [0.4, 0.5) is 10.3 Å². The first kappa shape index (κ1) is 12.4. The van der Waals surface area contributed by atoms with E-state index in [4.69, 9.17) is 17.3 Å². The van der Waals surface area contributed by atoms with Gasteiger partial charge in [-0.2, -0.15) is 0 Å². The van der Waals surface area contributed by atoms with Gasteiger partial charge in [0, 0.05) is 4.47 Å². The van der Waals surface area contributed by atoms with Gasteiger partial charge >= 0.3 is 0 Å². The molecule has 0 aliphatic rings. The molecule has 2 N–H and O–H groups in total. The molecule has 0 aliphatic heterocycles. The van der Waals surface area contributed by atoms with E-state index in [1.807, 2.05) is 12.1 Å². The van der Waals surface area contributed by atoms with Crippen LogP contribution in [-0.4, -0.2) is 9.55 Å². The highest BCUT2D eigenvalue weighted by Gasteiger charge is 2.16. The number of para-hydroxylation sites is 1. The van der Waals surface area contributed by atoms with Crippen LogP contribution >= 0.6 is 27.5 Å². The van der Waals surface area contributed by atoms with E-state index >= 15 is 0 Å². The third kappa shape index (κ3) is 1.99. The van der Waals surface area contributed by atoms with E-state index in [0.29, 0.717) is 11.0 Å². The second-order valence-electron chi connectivity index (χ2n) is 4.01. The predicted molar refractivity (Wildman–Crippen MR) is 78.2 cm³/mol. The summed E-state index contributed by atoms with van der Waals surface area (Å²) in [7, 11) is 0. The number of anilines is 1. The van der Waals surface area contributed by atoms with Gasteiger partial charge in [0.25, 0.3) is 0 Å². The quantitative estimate of drug-likeness (QED) is 0.723. The number of hydrogen-bond donors (Lipinski definition) is 1. The monoisotopic (exact) mass is 339 g/mol. The van der Waals surface area contributed by atoms with E-state index in [0.717, 1.165) is 4.47 Å². The highest BCUT2D eigenvalue weighted by molar-refractivity contribution is 9.10. The summed E-state index contributed by atoms with van der Waals surface area (Å²) in [4.78, 5) is 4.21. The molecule has 96 valence electrons. The third-order valence-corrected chi connectivity index (χ3v) is 3.60. The highest BCUT2D eigenvalue weighted by atomic mass is 79.9. The molecule has 0 amide bonds. The summed E-state index contributed by atoms with van der Waals surface area (Å²) < 4.78 is 16.4. The van der Waals surface area contributed by atoms with E-state index in [9.17, 15) is 4.39 Å². The van der Waals surface area contributed by atoms with Crippen LogP contribution in [0.5, 0.6) is 0 Å². The van der Waals surface area contributed by atoms with Crippen molar-refractivity contribution in [1.29, 1.82) is 0 Å². The van der Waals surface area contributed by atoms with Gasteiger partial charge in [-0.25, -0.2) is 9.37 Å². The lowest BCUT2D eigenvalue weighted by molar-refractivity contribution is 0.620. The minimum Gasteiger partial charge on any atom is -0.369 e. The molecule has 1 heterocycles. The normalized spacial score (nSPS) is 11.1. The molecule has 0 unspecified atom stereocenters. The molecule has 0 bridgehead atoms. The Bertz CT molecular complexity index is 765. The molecule has 1 aromatic heterocycles. The van der Waals surface area contributed by atoms with Crippen LogP contribution < -0.4 is 5.73 Å². The van der Waals surface area contributed by atoms with Gasteiger partial charge in [-0.15, -0.1) is 0 Å². The molecule has 0 atom stereocenters. The van der Waals surface area contributed by atoms with Crippen LogP contribution in [0, 0.1) is 5.82 Å². The van der Waals surface area contributed by atoms with Crippen molar-refractivity contribution in [2.24, 2.45) is 0 Å². The lowest BCUT2D eigenvalue weighted by Crippen LogP contribution is -2.03. The topological polar surface area (TPSA) is 43.8 Å². The maximum atomic E-state index is 14.0. The van der Waals surface area contributed by atoms with Gasteiger partial charge in [0.15, 0.2) is 0 Å². The Morgan fingerprint density at radius 3 is 2.79 bits per heavy atom. The molecular weight excluding hydrogens is 333 g/mol. The minimum atomic E-state index is -0.446. The minimum absolute atomic E-state index is 0.195. The third-order valence-electron chi connectivity index (χ3n) is 2.80. The van der Waals surface area contributed by atoms with E-state index in [1.165, 1.54) is 10.6 Å². The van der Waals surface area contributed by atoms with Crippen molar-refractivity contribution in [3.63, 3.8) is 0 Å². The van der Waals surface area contributed by atoms with Crippen LogP contribution in [0.2, 0.25) is 5.02 Å². The molecule has 3 aromatic rings. The highest BCUT2D eigenvalue weighted by Crippen LogP contribution is 2.31. The molecule has 6 heteroatoms. The van der Waals surface area contributed by atoms with E-state index < -0.39 is 5.82 Å². The van der Waals surface area contributed by atoms with Gasteiger partial charge in [-0.3, -0.25) is 4.57 Å². The van der Waals surface area contributed by atoms with Crippen molar-refractivity contribution >= 4 is 44.5 Å². The van der Waals surface area contributed by atoms with Gasteiger partial charge in [0.2, 0.25) is 5.95 Å². The maximum absolute atomic E-state index is 14.0. The molecule has 19 heavy (non-hydrogen) atoms. The van der Waals surface area contributed by atoms with Crippen LogP contribution in [0.15, 0.2) is 40.9 Å². The summed E-state index contributed by atoms with van der Waals surface area (Å²) in [5.41, 5.74) is 7.47. The Labute approximate surface area is 121 Å². The number of rotatable bonds is 1. The molecular formula is C13H8BrClFN3. The van der Waals surface area contributed by atoms with Crippen molar-refractivity contribution < 1.29 is 4.39 Å². The Morgan fingerprint density at radius 1 is 1.26 bits per heavy atom. The Balaban J connectivity index is 2.42. The number of nitrogens with zero attached hydrogens (tertiary/aromatic N) is 2. The summed E-state index contributed by atoms with van der Waals surface area (Å²) in [6.45, 7) is 0. The van der Waals surface area contributed by atoms with Crippen molar-refractivity contribution in [3.8, 4) is 5.69 Å². The smallest absolute Gasteiger partial charge is 0.206 e. The SMILES string of the molecule is Nc1nc2ccc(Br)cc2n1-c1c(F)cccc1Cl. The number of hydrogen-bond acceptors (Lipinski definition) is 2. The first-order chi connectivity index (χ1) is 9.08. The Kier molecular flexibility index (Phi) is 2.95. The molecule has 0 saturated heterocycles. The zero-order chi connectivity index (χ0) is 13.6. The average Bonchev–Trinajstić information content (AvgIpc) is 2.66.